The third-order valence-electron chi connectivity index (χ3n) is 2.88. The minimum Gasteiger partial charge on any atom is -0.325 e. The number of hydrogen-bond donors (Lipinski definition) is 2. The molecule has 0 unspecified atom stereocenters. The lowest BCUT2D eigenvalue weighted by atomic mass is 10.2. The van der Waals surface area contributed by atoms with E-state index in [1.807, 2.05) is 18.2 Å². The molecule has 0 radical (unpaired) electrons. The number of aromatic nitrogens is 2. The second-order valence-corrected chi connectivity index (χ2v) is 5.12. The highest BCUT2D eigenvalue weighted by molar-refractivity contribution is 7.16. The normalized spacial score (nSPS) is 10.7. The lowest BCUT2D eigenvalue weighted by Gasteiger charge is -2.06. The van der Waals surface area contributed by atoms with Crippen LogP contribution >= 0.6 is 11.3 Å². The lowest BCUT2D eigenvalue weighted by molar-refractivity contribution is 0.102. The van der Waals surface area contributed by atoms with Crippen LogP contribution in [0.1, 0.15) is 16.1 Å². The summed E-state index contributed by atoms with van der Waals surface area (Å²) in [6, 6.07) is 9.00. The van der Waals surface area contributed by atoms with E-state index in [0.717, 1.165) is 15.9 Å². The molecule has 100 valence electrons. The molecule has 0 fully saturated rings. The Labute approximate surface area is 119 Å². The maximum absolute atomic E-state index is 12.2. The van der Waals surface area contributed by atoms with E-state index in [4.69, 9.17) is 5.73 Å². The summed E-state index contributed by atoms with van der Waals surface area (Å²) >= 11 is 1.54. The Morgan fingerprint density at radius 2 is 2.15 bits per heavy atom. The third-order valence-corrected chi connectivity index (χ3v) is 3.67. The van der Waals surface area contributed by atoms with Crippen LogP contribution < -0.4 is 11.1 Å². The molecule has 0 aliphatic carbocycles. The van der Waals surface area contributed by atoms with Gasteiger partial charge in [0.05, 0.1) is 21.4 Å². The van der Waals surface area contributed by atoms with Crippen molar-refractivity contribution in [1.29, 1.82) is 0 Å². The summed E-state index contributed by atoms with van der Waals surface area (Å²) in [7, 11) is 0. The van der Waals surface area contributed by atoms with E-state index in [9.17, 15) is 4.79 Å². The number of rotatable bonds is 3. The molecule has 0 aliphatic rings. The molecule has 6 heteroatoms. The van der Waals surface area contributed by atoms with Crippen molar-refractivity contribution >= 4 is 33.1 Å². The van der Waals surface area contributed by atoms with Crippen LogP contribution in [0.2, 0.25) is 0 Å². The first-order valence-corrected chi connectivity index (χ1v) is 6.94. The molecule has 0 aliphatic heterocycles. The maximum atomic E-state index is 12.2. The van der Waals surface area contributed by atoms with Gasteiger partial charge < -0.3 is 11.1 Å². The Bertz CT molecular complexity index is 768. The average molecular weight is 284 g/mol. The van der Waals surface area contributed by atoms with Crippen molar-refractivity contribution in [3.8, 4) is 0 Å². The number of nitrogens with zero attached hydrogens (tertiary/aromatic N) is 2. The average Bonchev–Trinajstić information content (AvgIpc) is 2.95. The second-order valence-electron chi connectivity index (χ2n) is 4.23. The number of carbonyl (C=O) groups is 1. The second kappa shape index (κ2) is 5.36. The van der Waals surface area contributed by atoms with Crippen molar-refractivity contribution in [3.05, 3.63) is 53.3 Å². The van der Waals surface area contributed by atoms with Crippen molar-refractivity contribution in [1.82, 2.24) is 9.97 Å². The molecule has 0 bridgehead atoms. The van der Waals surface area contributed by atoms with Crippen molar-refractivity contribution in [3.63, 3.8) is 0 Å². The van der Waals surface area contributed by atoms with E-state index in [2.05, 4.69) is 15.3 Å². The molecule has 5 nitrogen and oxygen atoms in total. The van der Waals surface area contributed by atoms with Gasteiger partial charge in [-0.1, -0.05) is 0 Å². The highest BCUT2D eigenvalue weighted by Gasteiger charge is 2.08. The number of hydrogen-bond acceptors (Lipinski definition) is 5. The number of pyridine rings is 1. The van der Waals surface area contributed by atoms with E-state index >= 15 is 0 Å². The maximum Gasteiger partial charge on any atom is 0.255 e. The summed E-state index contributed by atoms with van der Waals surface area (Å²) in [6.45, 7) is 0.313. The van der Waals surface area contributed by atoms with Gasteiger partial charge in [0.1, 0.15) is 0 Å². The summed E-state index contributed by atoms with van der Waals surface area (Å²) in [5.74, 6) is -0.175. The molecule has 20 heavy (non-hydrogen) atoms. The fraction of sp³-hybridized carbons (Fsp3) is 0.0714. The summed E-state index contributed by atoms with van der Waals surface area (Å²) < 4.78 is 1.04. The molecule has 1 aromatic carbocycles. The summed E-state index contributed by atoms with van der Waals surface area (Å²) in [4.78, 5) is 20.4. The number of benzene rings is 1. The predicted molar refractivity (Wildman–Crippen MR) is 79.7 cm³/mol. The molecule has 2 heterocycles. The molecule has 0 saturated carbocycles. The fourth-order valence-corrected chi connectivity index (χ4v) is 2.58. The van der Waals surface area contributed by atoms with Crippen LogP contribution in [-0.2, 0) is 6.54 Å². The number of nitrogens with one attached hydrogen (secondary N) is 1. The Kier molecular flexibility index (Phi) is 3.41. The molecule has 0 saturated heterocycles. The number of amides is 1. The largest absolute Gasteiger partial charge is 0.325 e. The first-order chi connectivity index (χ1) is 9.76. The quantitative estimate of drug-likeness (QED) is 0.774. The molecular weight excluding hydrogens is 272 g/mol. The van der Waals surface area contributed by atoms with Gasteiger partial charge in [-0.05, 0) is 30.3 Å². The van der Waals surface area contributed by atoms with Crippen LogP contribution in [0.25, 0.3) is 10.2 Å². The smallest absolute Gasteiger partial charge is 0.255 e. The lowest BCUT2D eigenvalue weighted by Crippen LogP contribution is -2.13. The Morgan fingerprint density at radius 3 is 3.00 bits per heavy atom. The number of nitrogens with two attached hydrogens (primary N) is 1. The molecule has 0 spiro atoms. The van der Waals surface area contributed by atoms with E-state index in [1.54, 1.807) is 35.2 Å². The fourth-order valence-electron chi connectivity index (χ4n) is 1.87. The van der Waals surface area contributed by atoms with Crippen LogP contribution in [0.5, 0.6) is 0 Å². The van der Waals surface area contributed by atoms with Gasteiger partial charge in [0.2, 0.25) is 0 Å². The van der Waals surface area contributed by atoms with Gasteiger partial charge in [0, 0.05) is 24.0 Å². The number of fused-ring (bicyclic) bond motifs is 1. The predicted octanol–water partition coefficient (Wildman–Crippen LogP) is 2.40. The zero-order valence-electron chi connectivity index (χ0n) is 10.5. The van der Waals surface area contributed by atoms with Crippen LogP contribution in [0, 0.1) is 0 Å². The minimum atomic E-state index is -0.175. The van der Waals surface area contributed by atoms with E-state index < -0.39 is 0 Å². The van der Waals surface area contributed by atoms with E-state index in [0.29, 0.717) is 17.8 Å². The zero-order chi connectivity index (χ0) is 13.9. The molecule has 0 atom stereocenters. The summed E-state index contributed by atoms with van der Waals surface area (Å²) in [5, 5.41) is 2.86. The van der Waals surface area contributed by atoms with Crippen LogP contribution in [-0.4, -0.2) is 15.9 Å². The minimum absolute atomic E-state index is 0.175. The number of anilines is 1. The van der Waals surface area contributed by atoms with Crippen LogP contribution in [0.3, 0.4) is 0 Å². The highest BCUT2D eigenvalue weighted by atomic mass is 32.1. The van der Waals surface area contributed by atoms with Gasteiger partial charge in [0.25, 0.3) is 5.91 Å². The van der Waals surface area contributed by atoms with Crippen LogP contribution in [0.15, 0.2) is 42.0 Å². The van der Waals surface area contributed by atoms with Gasteiger partial charge in [-0.3, -0.25) is 9.78 Å². The Balaban J connectivity index is 1.83. The zero-order valence-corrected chi connectivity index (χ0v) is 11.4. The van der Waals surface area contributed by atoms with Crippen molar-refractivity contribution in [2.45, 2.75) is 6.54 Å². The Hall–Kier alpha value is -2.31. The van der Waals surface area contributed by atoms with Crippen LogP contribution in [0.4, 0.5) is 5.69 Å². The highest BCUT2D eigenvalue weighted by Crippen LogP contribution is 2.22. The van der Waals surface area contributed by atoms with Gasteiger partial charge >= 0.3 is 0 Å². The molecule has 3 N–H and O–H groups in total. The molecule has 1 amide bonds. The monoisotopic (exact) mass is 284 g/mol. The molecule has 3 rings (SSSR count). The van der Waals surface area contributed by atoms with Gasteiger partial charge in [-0.15, -0.1) is 11.3 Å². The van der Waals surface area contributed by atoms with Gasteiger partial charge in [-0.25, -0.2) is 4.98 Å². The first-order valence-electron chi connectivity index (χ1n) is 6.06. The summed E-state index contributed by atoms with van der Waals surface area (Å²) in [5.41, 5.74) is 10.2. The SMILES string of the molecule is NCc1cc(C(=O)Nc2ccc3ncsc3c2)ccn1. The van der Waals surface area contributed by atoms with Gasteiger partial charge in [-0.2, -0.15) is 0 Å². The Morgan fingerprint density at radius 1 is 1.25 bits per heavy atom. The van der Waals surface area contributed by atoms with Crippen molar-refractivity contribution in [2.24, 2.45) is 5.73 Å². The summed E-state index contributed by atoms with van der Waals surface area (Å²) in [6.07, 6.45) is 1.59. The number of carbonyl (C=O) groups excluding carboxylic acids is 1. The van der Waals surface area contributed by atoms with Crippen molar-refractivity contribution < 1.29 is 4.79 Å². The standard InChI is InChI=1S/C14H12N4OS/c15-7-11-5-9(3-4-16-11)14(19)18-10-1-2-12-13(6-10)20-8-17-12/h1-6,8H,7,15H2,(H,18,19). The molecular formula is C14H12N4OS. The molecule has 3 aromatic rings. The van der Waals surface area contributed by atoms with E-state index in [-0.39, 0.29) is 5.91 Å². The third kappa shape index (κ3) is 2.52. The van der Waals surface area contributed by atoms with Gasteiger partial charge in [0.15, 0.2) is 0 Å². The van der Waals surface area contributed by atoms with E-state index in [1.165, 1.54) is 0 Å². The van der Waals surface area contributed by atoms with Crippen molar-refractivity contribution in [2.75, 3.05) is 5.32 Å². The first kappa shape index (κ1) is 12.7. The number of thiazole rings is 1. The molecule has 2 aromatic heterocycles. The topological polar surface area (TPSA) is 80.9 Å².